The molecule has 0 radical (unpaired) electrons. The predicted molar refractivity (Wildman–Crippen MR) is 81.9 cm³/mol. The van der Waals surface area contributed by atoms with Gasteiger partial charge in [-0.15, -0.1) is 0 Å². The van der Waals surface area contributed by atoms with Crippen molar-refractivity contribution in [3.05, 3.63) is 53.6 Å². The van der Waals surface area contributed by atoms with E-state index in [1.165, 1.54) is 11.1 Å². The lowest BCUT2D eigenvalue weighted by Crippen LogP contribution is -2.80. The van der Waals surface area contributed by atoms with Gasteiger partial charge in [-0.05, 0) is 24.3 Å². The first-order valence-corrected chi connectivity index (χ1v) is 6.92. The van der Waals surface area contributed by atoms with Crippen molar-refractivity contribution in [2.24, 2.45) is 0 Å². The third kappa shape index (κ3) is 4.13. The molecule has 2 aromatic rings. The van der Waals surface area contributed by atoms with E-state index in [0.717, 1.165) is 30.3 Å². The molecule has 0 unspecified atom stereocenters. The molecule has 0 aliphatic carbocycles. The minimum Gasteiger partial charge on any atom is -0.497 e. The maximum absolute atomic E-state index is 5.36. The largest absolute Gasteiger partial charge is 0.497 e. The molecule has 0 spiro atoms. The molecular weight excluding hydrogens is 266 g/mol. The van der Waals surface area contributed by atoms with Gasteiger partial charge in [-0.25, -0.2) is 0 Å². The van der Waals surface area contributed by atoms with Crippen LogP contribution in [0.25, 0.3) is 0 Å². The van der Waals surface area contributed by atoms with Crippen molar-refractivity contribution in [1.29, 1.82) is 0 Å². The molecule has 0 atom stereocenters. The Balaban J connectivity index is 2.00. The van der Waals surface area contributed by atoms with Crippen LogP contribution < -0.4 is 19.5 Å². The molecule has 0 aliphatic heterocycles. The van der Waals surface area contributed by atoms with Crippen LogP contribution in [0.1, 0.15) is 11.1 Å². The van der Waals surface area contributed by atoms with Gasteiger partial charge in [0.15, 0.2) is 0 Å². The average Bonchev–Trinajstić information content (AvgIpc) is 2.54. The second kappa shape index (κ2) is 7.55. The molecule has 0 fully saturated rings. The highest BCUT2D eigenvalue weighted by atomic mass is 16.5. The van der Waals surface area contributed by atoms with Crippen molar-refractivity contribution in [1.82, 2.24) is 0 Å². The Morgan fingerprint density at radius 2 is 1.48 bits per heavy atom. The van der Waals surface area contributed by atoms with E-state index in [-0.39, 0.29) is 0 Å². The molecule has 0 saturated heterocycles. The highest BCUT2D eigenvalue weighted by Crippen LogP contribution is 2.22. The SMILES string of the molecule is COc1cc(C[NH2+]Cc2ccccc2OC)cc(OC)c1. The van der Waals surface area contributed by atoms with E-state index in [9.17, 15) is 0 Å². The van der Waals surface area contributed by atoms with E-state index in [1.807, 2.05) is 36.4 Å². The molecule has 2 aromatic carbocycles. The Morgan fingerprint density at radius 1 is 0.810 bits per heavy atom. The number of hydrogen-bond donors (Lipinski definition) is 1. The van der Waals surface area contributed by atoms with E-state index in [2.05, 4.69) is 11.4 Å². The third-order valence-electron chi connectivity index (χ3n) is 3.35. The molecule has 21 heavy (non-hydrogen) atoms. The Labute approximate surface area is 125 Å². The molecule has 0 aromatic heterocycles. The summed E-state index contributed by atoms with van der Waals surface area (Å²) in [4.78, 5) is 0. The number of benzene rings is 2. The fourth-order valence-corrected chi connectivity index (χ4v) is 2.25. The summed E-state index contributed by atoms with van der Waals surface area (Å²) in [6, 6.07) is 14.0. The lowest BCUT2D eigenvalue weighted by atomic mass is 10.1. The number of methoxy groups -OCH3 is 3. The van der Waals surface area contributed by atoms with Crippen LogP contribution in [0.3, 0.4) is 0 Å². The van der Waals surface area contributed by atoms with Crippen molar-refractivity contribution in [3.8, 4) is 17.2 Å². The predicted octanol–water partition coefficient (Wildman–Crippen LogP) is 1.98. The molecule has 0 amide bonds. The van der Waals surface area contributed by atoms with Crippen LogP contribution in [0, 0.1) is 0 Å². The van der Waals surface area contributed by atoms with E-state index in [4.69, 9.17) is 14.2 Å². The van der Waals surface area contributed by atoms with E-state index < -0.39 is 0 Å². The molecule has 0 heterocycles. The minimum atomic E-state index is 0.815. The summed E-state index contributed by atoms with van der Waals surface area (Å²) in [5.74, 6) is 2.56. The number of rotatable bonds is 7. The first-order chi connectivity index (χ1) is 10.3. The van der Waals surface area contributed by atoms with Crippen LogP contribution in [0.15, 0.2) is 42.5 Å². The highest BCUT2D eigenvalue weighted by molar-refractivity contribution is 5.38. The fourth-order valence-electron chi connectivity index (χ4n) is 2.25. The van der Waals surface area contributed by atoms with Crippen molar-refractivity contribution in [2.75, 3.05) is 21.3 Å². The van der Waals surface area contributed by atoms with Crippen molar-refractivity contribution < 1.29 is 19.5 Å². The smallest absolute Gasteiger partial charge is 0.127 e. The van der Waals surface area contributed by atoms with Crippen molar-refractivity contribution >= 4 is 0 Å². The minimum absolute atomic E-state index is 0.815. The molecule has 112 valence electrons. The summed E-state index contributed by atoms with van der Waals surface area (Å²) in [6.45, 7) is 1.72. The second-order valence-electron chi connectivity index (χ2n) is 4.73. The van der Waals surface area contributed by atoms with E-state index >= 15 is 0 Å². The maximum Gasteiger partial charge on any atom is 0.127 e. The fraction of sp³-hybridized carbons (Fsp3) is 0.294. The van der Waals surface area contributed by atoms with Gasteiger partial charge in [-0.3, -0.25) is 0 Å². The van der Waals surface area contributed by atoms with Gasteiger partial charge in [-0.2, -0.15) is 0 Å². The normalized spacial score (nSPS) is 10.2. The van der Waals surface area contributed by atoms with Gasteiger partial charge >= 0.3 is 0 Å². The molecular formula is C17H22NO3+. The molecule has 2 rings (SSSR count). The van der Waals surface area contributed by atoms with Crippen molar-refractivity contribution in [2.45, 2.75) is 13.1 Å². The van der Waals surface area contributed by atoms with Gasteiger partial charge in [-0.1, -0.05) is 12.1 Å². The first-order valence-electron chi connectivity index (χ1n) is 6.92. The Kier molecular flexibility index (Phi) is 5.46. The zero-order chi connectivity index (χ0) is 15.1. The lowest BCUT2D eigenvalue weighted by Gasteiger charge is -2.09. The summed E-state index contributed by atoms with van der Waals surface area (Å²) in [6.07, 6.45) is 0. The topological polar surface area (TPSA) is 44.3 Å². The van der Waals surface area contributed by atoms with E-state index in [1.54, 1.807) is 21.3 Å². The Bertz CT molecular complexity index is 562. The van der Waals surface area contributed by atoms with Gasteiger partial charge in [0.2, 0.25) is 0 Å². The number of nitrogens with two attached hydrogens (primary N) is 1. The molecule has 2 N–H and O–H groups in total. The van der Waals surface area contributed by atoms with Crippen LogP contribution in [-0.2, 0) is 13.1 Å². The average molecular weight is 288 g/mol. The zero-order valence-corrected chi connectivity index (χ0v) is 12.8. The molecule has 0 saturated carbocycles. The number of para-hydroxylation sites is 1. The summed E-state index contributed by atoms with van der Waals surface area (Å²) in [5.41, 5.74) is 2.36. The first kappa shape index (κ1) is 15.2. The summed E-state index contributed by atoms with van der Waals surface area (Å²) < 4.78 is 15.9. The molecule has 0 aliphatic rings. The van der Waals surface area contributed by atoms with Crippen LogP contribution >= 0.6 is 0 Å². The Hall–Kier alpha value is -2.20. The molecule has 4 heteroatoms. The number of ether oxygens (including phenoxy) is 3. The molecule has 0 bridgehead atoms. The number of hydrogen-bond acceptors (Lipinski definition) is 3. The van der Waals surface area contributed by atoms with Crippen molar-refractivity contribution in [3.63, 3.8) is 0 Å². The van der Waals surface area contributed by atoms with Crippen LogP contribution in [-0.4, -0.2) is 21.3 Å². The highest BCUT2D eigenvalue weighted by Gasteiger charge is 2.06. The second-order valence-corrected chi connectivity index (χ2v) is 4.73. The summed E-state index contributed by atoms with van der Waals surface area (Å²) in [7, 11) is 5.03. The summed E-state index contributed by atoms with van der Waals surface area (Å²) >= 11 is 0. The summed E-state index contributed by atoms with van der Waals surface area (Å²) in [5, 5.41) is 2.23. The van der Waals surface area contributed by atoms with Gasteiger partial charge in [0.05, 0.1) is 21.3 Å². The maximum atomic E-state index is 5.36. The lowest BCUT2D eigenvalue weighted by molar-refractivity contribution is -0.686. The Morgan fingerprint density at radius 3 is 2.10 bits per heavy atom. The van der Waals surface area contributed by atoms with E-state index in [0.29, 0.717) is 0 Å². The van der Waals surface area contributed by atoms with Gasteiger partial charge in [0, 0.05) is 17.2 Å². The van der Waals surface area contributed by atoms with Gasteiger partial charge < -0.3 is 19.5 Å². The monoisotopic (exact) mass is 288 g/mol. The third-order valence-corrected chi connectivity index (χ3v) is 3.35. The number of quaternary nitrogens is 1. The van der Waals surface area contributed by atoms with Crippen LogP contribution in [0.4, 0.5) is 0 Å². The van der Waals surface area contributed by atoms with Gasteiger partial charge in [0.1, 0.15) is 30.3 Å². The standard InChI is InChI=1S/C17H21NO3/c1-19-15-8-13(9-16(10-15)20-2)11-18-12-14-6-4-5-7-17(14)21-3/h4-10,18H,11-12H2,1-3H3/p+1. The molecule has 4 nitrogen and oxygen atoms in total. The quantitative estimate of drug-likeness (QED) is 0.847. The van der Waals surface area contributed by atoms with Crippen LogP contribution in [0.5, 0.6) is 17.2 Å². The van der Waals surface area contributed by atoms with Gasteiger partial charge in [0.25, 0.3) is 0 Å². The van der Waals surface area contributed by atoms with Crippen LogP contribution in [0.2, 0.25) is 0 Å². The zero-order valence-electron chi connectivity index (χ0n) is 12.8.